The van der Waals surface area contributed by atoms with E-state index in [1.807, 2.05) is 24.3 Å². The number of nitrogens with zero attached hydrogens (tertiary/aromatic N) is 1. The van der Waals surface area contributed by atoms with Gasteiger partial charge in [-0.3, -0.25) is 9.59 Å². The minimum atomic E-state index is -0.403. The summed E-state index contributed by atoms with van der Waals surface area (Å²) in [7, 11) is 0. The number of carbonyl (C=O) groups is 2. The molecule has 0 atom stereocenters. The van der Waals surface area contributed by atoms with E-state index in [0.29, 0.717) is 6.29 Å². The number of hydrogen-bond donors (Lipinski definition) is 0. The van der Waals surface area contributed by atoms with E-state index in [2.05, 4.69) is 4.98 Å². The molecule has 1 aromatic heterocycles. The molecule has 5 heteroatoms. The van der Waals surface area contributed by atoms with E-state index in [4.69, 9.17) is 0 Å². The van der Waals surface area contributed by atoms with Gasteiger partial charge in [-0.15, -0.1) is 11.3 Å². The minimum absolute atomic E-state index is 0.170. The third kappa shape index (κ3) is 2.43. The minimum Gasteiger partial charge on any atom is -0.295 e. The number of carbonyl (C=O) groups excluding carboxylic acids is 2. The molecule has 0 spiro atoms. The first-order valence-corrected chi connectivity index (χ1v) is 6.06. The maximum Gasteiger partial charge on any atom is 0.205 e. The fraction of sp³-hybridized carbons (Fsp3) is 0.100. The average Bonchev–Trinajstić information content (AvgIpc) is 2.68. The summed E-state index contributed by atoms with van der Waals surface area (Å²) in [5.41, 5.74) is 0.934. The van der Waals surface area contributed by atoms with Crippen molar-refractivity contribution in [2.75, 3.05) is 5.75 Å². The van der Waals surface area contributed by atoms with E-state index in [1.54, 1.807) is 0 Å². The van der Waals surface area contributed by atoms with Crippen LogP contribution in [0.15, 0.2) is 28.6 Å². The van der Waals surface area contributed by atoms with Gasteiger partial charge in [-0.2, -0.15) is 0 Å². The highest BCUT2D eigenvalue weighted by molar-refractivity contribution is 8.01. The number of benzene rings is 1. The summed E-state index contributed by atoms with van der Waals surface area (Å²) >= 11 is 2.84. The summed E-state index contributed by atoms with van der Waals surface area (Å²) in [4.78, 5) is 25.2. The van der Waals surface area contributed by atoms with Crippen LogP contribution in [0.1, 0.15) is 0 Å². The Labute approximate surface area is 94.5 Å². The van der Waals surface area contributed by atoms with Gasteiger partial charge in [0, 0.05) is 0 Å². The van der Waals surface area contributed by atoms with Crippen LogP contribution in [-0.2, 0) is 9.59 Å². The molecular formula is C10H7NO2S2. The second kappa shape index (κ2) is 4.55. The second-order valence-corrected chi connectivity index (χ2v) is 5.07. The van der Waals surface area contributed by atoms with Crippen molar-refractivity contribution in [3.63, 3.8) is 0 Å². The molecule has 1 heterocycles. The number of fused-ring (bicyclic) bond motifs is 1. The lowest BCUT2D eigenvalue weighted by Gasteiger charge is -1.88. The Hall–Kier alpha value is -1.20. The molecule has 0 amide bonds. The zero-order valence-corrected chi connectivity index (χ0v) is 9.31. The summed E-state index contributed by atoms with van der Waals surface area (Å²) in [6, 6.07) is 7.79. The Morgan fingerprint density at radius 1 is 1.47 bits per heavy atom. The lowest BCUT2D eigenvalue weighted by Crippen LogP contribution is -2.01. The predicted octanol–water partition coefficient (Wildman–Crippen LogP) is 2.16. The molecule has 0 unspecified atom stereocenters. The number of Topliss-reactive ketones (excluding diaryl/α,β-unsaturated/α-hetero) is 1. The van der Waals surface area contributed by atoms with E-state index < -0.39 is 5.78 Å². The maximum absolute atomic E-state index is 10.8. The number of para-hydroxylation sites is 1. The highest BCUT2D eigenvalue weighted by atomic mass is 32.2. The van der Waals surface area contributed by atoms with Gasteiger partial charge >= 0.3 is 0 Å². The van der Waals surface area contributed by atoms with Crippen molar-refractivity contribution in [3.8, 4) is 0 Å². The standard InChI is InChI=1S/C10H7NO2S2/c12-5-7(13)6-14-10-11-8-3-1-2-4-9(8)15-10/h1-5H,6H2. The number of aldehydes is 1. The van der Waals surface area contributed by atoms with Crippen LogP contribution in [0, 0.1) is 0 Å². The Bertz CT molecular complexity index is 474. The summed E-state index contributed by atoms with van der Waals surface area (Å²) < 4.78 is 1.92. The number of rotatable bonds is 4. The van der Waals surface area contributed by atoms with Crippen molar-refractivity contribution in [3.05, 3.63) is 24.3 Å². The molecule has 0 radical (unpaired) electrons. The Kier molecular flexibility index (Phi) is 3.13. The normalized spacial score (nSPS) is 10.4. The van der Waals surface area contributed by atoms with E-state index in [0.717, 1.165) is 14.6 Å². The van der Waals surface area contributed by atoms with Crippen molar-refractivity contribution >= 4 is 45.4 Å². The van der Waals surface area contributed by atoms with Crippen LogP contribution in [0.4, 0.5) is 0 Å². The lowest BCUT2D eigenvalue weighted by atomic mass is 10.3. The van der Waals surface area contributed by atoms with Crippen molar-refractivity contribution < 1.29 is 9.59 Å². The van der Waals surface area contributed by atoms with Gasteiger partial charge in [0.15, 0.2) is 10.6 Å². The Morgan fingerprint density at radius 3 is 3.00 bits per heavy atom. The van der Waals surface area contributed by atoms with E-state index in [1.165, 1.54) is 23.1 Å². The molecule has 3 nitrogen and oxygen atoms in total. The SMILES string of the molecule is O=CC(=O)CSc1nc2ccccc2s1. The van der Waals surface area contributed by atoms with Gasteiger partial charge in [-0.05, 0) is 12.1 Å². The first kappa shape index (κ1) is 10.3. The molecule has 76 valence electrons. The van der Waals surface area contributed by atoms with Gasteiger partial charge in [0.25, 0.3) is 0 Å². The first-order chi connectivity index (χ1) is 7.29. The van der Waals surface area contributed by atoms with Gasteiger partial charge in [0.2, 0.25) is 5.78 Å². The molecule has 2 aromatic rings. The van der Waals surface area contributed by atoms with Crippen LogP contribution < -0.4 is 0 Å². The molecule has 0 saturated carbocycles. The third-order valence-electron chi connectivity index (χ3n) is 1.74. The van der Waals surface area contributed by atoms with Gasteiger partial charge < -0.3 is 0 Å². The number of thiazole rings is 1. The van der Waals surface area contributed by atoms with Crippen LogP contribution in [0.25, 0.3) is 10.2 Å². The number of hydrogen-bond acceptors (Lipinski definition) is 5. The lowest BCUT2D eigenvalue weighted by molar-refractivity contribution is -0.128. The summed E-state index contributed by atoms with van der Waals surface area (Å²) in [5, 5.41) is 0. The molecule has 0 aliphatic heterocycles. The van der Waals surface area contributed by atoms with E-state index >= 15 is 0 Å². The highest BCUT2D eigenvalue weighted by Crippen LogP contribution is 2.28. The van der Waals surface area contributed by atoms with Crippen molar-refractivity contribution in [2.24, 2.45) is 0 Å². The molecule has 0 aliphatic rings. The van der Waals surface area contributed by atoms with Crippen molar-refractivity contribution in [2.45, 2.75) is 4.34 Å². The van der Waals surface area contributed by atoms with Crippen LogP contribution in [0.5, 0.6) is 0 Å². The van der Waals surface area contributed by atoms with E-state index in [9.17, 15) is 9.59 Å². The molecule has 0 saturated heterocycles. The number of thioether (sulfide) groups is 1. The predicted molar refractivity (Wildman–Crippen MR) is 61.4 cm³/mol. The zero-order chi connectivity index (χ0) is 10.7. The van der Waals surface area contributed by atoms with Crippen LogP contribution in [-0.4, -0.2) is 22.8 Å². The van der Waals surface area contributed by atoms with Crippen LogP contribution >= 0.6 is 23.1 Å². The number of aromatic nitrogens is 1. The largest absolute Gasteiger partial charge is 0.295 e. The van der Waals surface area contributed by atoms with Gasteiger partial charge in [-0.25, -0.2) is 4.98 Å². The van der Waals surface area contributed by atoms with Gasteiger partial charge in [0.05, 0.1) is 16.0 Å². The summed E-state index contributed by atoms with van der Waals surface area (Å²) in [6.45, 7) is 0. The molecule has 15 heavy (non-hydrogen) atoms. The third-order valence-corrected chi connectivity index (χ3v) is 3.95. The monoisotopic (exact) mass is 237 g/mol. The van der Waals surface area contributed by atoms with Crippen LogP contribution in [0.3, 0.4) is 0 Å². The smallest absolute Gasteiger partial charge is 0.205 e. The topological polar surface area (TPSA) is 47.0 Å². The average molecular weight is 237 g/mol. The van der Waals surface area contributed by atoms with Crippen LogP contribution in [0.2, 0.25) is 0 Å². The molecule has 0 bridgehead atoms. The van der Waals surface area contributed by atoms with Gasteiger partial charge in [0.1, 0.15) is 0 Å². The molecule has 0 aliphatic carbocycles. The summed E-state index contributed by atoms with van der Waals surface area (Å²) in [5.74, 6) is -0.234. The van der Waals surface area contributed by atoms with Crippen molar-refractivity contribution in [1.29, 1.82) is 0 Å². The second-order valence-electron chi connectivity index (χ2n) is 2.82. The van der Waals surface area contributed by atoms with Crippen molar-refractivity contribution in [1.82, 2.24) is 4.98 Å². The molecule has 0 N–H and O–H groups in total. The Morgan fingerprint density at radius 2 is 2.27 bits per heavy atom. The molecule has 2 rings (SSSR count). The quantitative estimate of drug-likeness (QED) is 0.464. The first-order valence-electron chi connectivity index (χ1n) is 4.26. The fourth-order valence-electron chi connectivity index (χ4n) is 1.08. The zero-order valence-electron chi connectivity index (χ0n) is 7.67. The molecule has 0 fully saturated rings. The summed E-state index contributed by atoms with van der Waals surface area (Å²) in [6.07, 6.45) is 0.348. The van der Waals surface area contributed by atoms with Gasteiger partial charge in [-0.1, -0.05) is 23.9 Å². The maximum atomic E-state index is 10.8. The fourth-order valence-corrected chi connectivity index (χ4v) is 2.96. The molecular weight excluding hydrogens is 230 g/mol. The number of ketones is 1. The molecule has 1 aromatic carbocycles. The Balaban J connectivity index is 2.15. The van der Waals surface area contributed by atoms with E-state index in [-0.39, 0.29) is 5.75 Å². The highest BCUT2D eigenvalue weighted by Gasteiger charge is 2.06.